The van der Waals surface area contributed by atoms with Crippen LogP contribution in [0, 0.1) is 17.8 Å². The smallest absolute Gasteiger partial charge is 0.337 e. The number of rotatable bonds is 2. The van der Waals surface area contributed by atoms with Crippen LogP contribution >= 0.6 is 0 Å². The maximum atomic E-state index is 13.6. The molecule has 2 aromatic heterocycles. The zero-order valence-electron chi connectivity index (χ0n) is 16.2. The average Bonchev–Trinajstić information content (AvgIpc) is 3.34. The Kier molecular flexibility index (Phi) is 4.52. The number of carbonyl (C=O) groups excluding carboxylic acids is 1. The van der Waals surface area contributed by atoms with Gasteiger partial charge in [-0.1, -0.05) is 29.9 Å². The molecule has 1 aliphatic heterocycles. The van der Waals surface area contributed by atoms with Gasteiger partial charge in [0.25, 0.3) is 5.91 Å². The van der Waals surface area contributed by atoms with Gasteiger partial charge in [-0.2, -0.15) is 18.3 Å². The number of likely N-dealkylation sites (tertiary alicyclic amines) is 1. The second-order valence-electron chi connectivity index (χ2n) is 8.30. The molecule has 5 rings (SSSR count). The highest BCUT2D eigenvalue weighted by atomic mass is 19.4. The van der Waals surface area contributed by atoms with Crippen molar-refractivity contribution in [3.8, 4) is 0 Å². The van der Waals surface area contributed by atoms with Crippen molar-refractivity contribution in [1.29, 1.82) is 0 Å². The number of alkyl halides is 3. The van der Waals surface area contributed by atoms with Gasteiger partial charge in [0, 0.05) is 19.3 Å². The Labute approximate surface area is 171 Å². The highest BCUT2D eigenvalue weighted by Gasteiger charge is 2.46. The van der Waals surface area contributed by atoms with Gasteiger partial charge in [-0.15, -0.1) is 0 Å². The van der Waals surface area contributed by atoms with E-state index in [1.54, 1.807) is 29.3 Å². The molecular formula is C22H21F3N4O. The number of nitrogens with one attached hydrogen (secondary N) is 1. The number of H-pyrrole nitrogens is 1. The van der Waals surface area contributed by atoms with E-state index in [4.69, 9.17) is 0 Å². The molecule has 3 atom stereocenters. The molecular weight excluding hydrogens is 393 g/mol. The van der Waals surface area contributed by atoms with Crippen LogP contribution in [-0.4, -0.2) is 45.3 Å². The summed E-state index contributed by atoms with van der Waals surface area (Å²) in [7, 11) is 0. The number of pyridine rings is 1. The van der Waals surface area contributed by atoms with Crippen LogP contribution < -0.4 is 0 Å². The molecule has 3 heterocycles. The zero-order chi connectivity index (χ0) is 20.9. The number of hydrogen-bond acceptors (Lipinski definition) is 3. The van der Waals surface area contributed by atoms with Crippen LogP contribution in [0.2, 0.25) is 0 Å². The molecule has 2 aromatic rings. The summed E-state index contributed by atoms with van der Waals surface area (Å²) in [5.41, 5.74) is 0.919. The molecule has 8 heteroatoms. The minimum absolute atomic E-state index is 0.0864. The first-order chi connectivity index (χ1) is 14.4. The van der Waals surface area contributed by atoms with Gasteiger partial charge in [0.2, 0.25) is 0 Å². The molecule has 156 valence electrons. The predicted molar refractivity (Wildman–Crippen MR) is 105 cm³/mol. The third kappa shape index (κ3) is 3.24. The second kappa shape index (κ2) is 7.11. The lowest BCUT2D eigenvalue weighted by atomic mass is 9.89. The Hall–Kier alpha value is -2.90. The molecule has 2 aliphatic carbocycles. The van der Waals surface area contributed by atoms with Gasteiger partial charge in [0.05, 0.1) is 11.0 Å². The van der Waals surface area contributed by atoms with E-state index in [-0.39, 0.29) is 23.7 Å². The molecule has 1 amide bonds. The summed E-state index contributed by atoms with van der Waals surface area (Å²) in [6.07, 6.45) is 5.14. The van der Waals surface area contributed by atoms with Crippen LogP contribution in [0.15, 0.2) is 53.8 Å². The van der Waals surface area contributed by atoms with Crippen LogP contribution in [0.4, 0.5) is 13.2 Å². The Bertz CT molecular complexity index is 1070. The van der Waals surface area contributed by atoms with E-state index in [9.17, 15) is 18.0 Å². The number of allylic oxidation sites excluding steroid dienone is 6. The zero-order valence-corrected chi connectivity index (χ0v) is 16.2. The van der Waals surface area contributed by atoms with Crippen molar-refractivity contribution in [1.82, 2.24) is 20.1 Å². The number of aromatic nitrogens is 3. The van der Waals surface area contributed by atoms with E-state index in [0.29, 0.717) is 54.7 Å². The average molecular weight is 414 g/mol. The van der Waals surface area contributed by atoms with E-state index in [2.05, 4.69) is 15.2 Å². The van der Waals surface area contributed by atoms with Crippen LogP contribution in [0.25, 0.3) is 11.0 Å². The predicted octanol–water partition coefficient (Wildman–Crippen LogP) is 4.43. The van der Waals surface area contributed by atoms with E-state index in [0.717, 1.165) is 0 Å². The fourth-order valence-electron chi connectivity index (χ4n) is 5.22. The molecule has 0 aromatic carbocycles. The number of hydrogen-bond donors (Lipinski definition) is 1. The first-order valence-corrected chi connectivity index (χ1v) is 10.1. The summed E-state index contributed by atoms with van der Waals surface area (Å²) in [5.74, 6) is 0.216. The van der Waals surface area contributed by atoms with Crippen molar-refractivity contribution in [3.63, 3.8) is 0 Å². The van der Waals surface area contributed by atoms with Crippen LogP contribution in [0.1, 0.15) is 29.8 Å². The maximum absolute atomic E-state index is 13.6. The van der Waals surface area contributed by atoms with Crippen LogP contribution in [-0.2, 0) is 0 Å². The summed E-state index contributed by atoms with van der Waals surface area (Å²) in [6, 6.07) is 3.57. The van der Waals surface area contributed by atoms with Gasteiger partial charge < -0.3 is 4.90 Å². The number of halogens is 3. The number of aromatic amines is 1. The highest BCUT2D eigenvalue weighted by Crippen LogP contribution is 2.48. The molecule has 1 saturated heterocycles. The topological polar surface area (TPSA) is 61.9 Å². The van der Waals surface area contributed by atoms with Gasteiger partial charge >= 0.3 is 6.18 Å². The quantitative estimate of drug-likeness (QED) is 0.791. The highest BCUT2D eigenvalue weighted by molar-refractivity contribution is 6.03. The fraction of sp³-hybridized carbons (Fsp3) is 0.409. The first kappa shape index (κ1) is 19.1. The summed E-state index contributed by atoms with van der Waals surface area (Å²) in [6.45, 7) is 1.13. The molecule has 0 spiro atoms. The summed E-state index contributed by atoms with van der Waals surface area (Å²) < 4.78 is 40.7. The number of carbonyl (C=O) groups is 1. The second-order valence-corrected chi connectivity index (χ2v) is 8.30. The van der Waals surface area contributed by atoms with Crippen molar-refractivity contribution in [2.45, 2.75) is 25.4 Å². The molecule has 0 bridgehead atoms. The van der Waals surface area contributed by atoms with Crippen molar-refractivity contribution >= 4 is 16.9 Å². The molecule has 0 unspecified atom stereocenters. The third-order valence-corrected chi connectivity index (χ3v) is 6.57. The molecule has 5 nitrogen and oxygen atoms in total. The first-order valence-electron chi connectivity index (χ1n) is 10.1. The van der Waals surface area contributed by atoms with Crippen molar-refractivity contribution in [2.24, 2.45) is 17.8 Å². The Morgan fingerprint density at radius 2 is 1.93 bits per heavy atom. The van der Waals surface area contributed by atoms with E-state index < -0.39 is 11.7 Å². The Morgan fingerprint density at radius 3 is 2.67 bits per heavy atom. The fourth-order valence-corrected chi connectivity index (χ4v) is 5.22. The number of fused-ring (bicyclic) bond motifs is 2. The molecule has 1 saturated carbocycles. The maximum Gasteiger partial charge on any atom is 0.416 e. The molecule has 30 heavy (non-hydrogen) atoms. The largest absolute Gasteiger partial charge is 0.416 e. The van der Waals surface area contributed by atoms with E-state index in [1.807, 2.05) is 6.07 Å². The number of amides is 1. The monoisotopic (exact) mass is 414 g/mol. The summed E-state index contributed by atoms with van der Waals surface area (Å²) >= 11 is 0. The van der Waals surface area contributed by atoms with Gasteiger partial charge in [0.15, 0.2) is 11.3 Å². The molecule has 2 fully saturated rings. The van der Waals surface area contributed by atoms with Crippen molar-refractivity contribution < 1.29 is 18.0 Å². The Morgan fingerprint density at radius 1 is 1.17 bits per heavy atom. The molecule has 1 N–H and O–H groups in total. The summed E-state index contributed by atoms with van der Waals surface area (Å²) in [4.78, 5) is 19.0. The molecule has 0 radical (unpaired) electrons. The lowest BCUT2D eigenvalue weighted by Crippen LogP contribution is -2.30. The van der Waals surface area contributed by atoms with Gasteiger partial charge in [-0.3, -0.25) is 9.89 Å². The number of nitrogens with zero attached hydrogens (tertiary/aromatic N) is 3. The normalized spacial score (nSPS) is 26.5. The van der Waals surface area contributed by atoms with E-state index in [1.165, 1.54) is 12.2 Å². The lowest BCUT2D eigenvalue weighted by Gasteiger charge is -2.22. The molecule has 3 aliphatic rings. The van der Waals surface area contributed by atoms with Crippen LogP contribution in [0.3, 0.4) is 0 Å². The van der Waals surface area contributed by atoms with Gasteiger partial charge in [0.1, 0.15) is 0 Å². The minimum atomic E-state index is -4.34. The van der Waals surface area contributed by atoms with Crippen LogP contribution in [0.5, 0.6) is 0 Å². The van der Waals surface area contributed by atoms with Gasteiger partial charge in [-0.05, 0) is 49.1 Å². The van der Waals surface area contributed by atoms with Crippen molar-refractivity contribution in [2.75, 3.05) is 13.1 Å². The minimum Gasteiger partial charge on any atom is -0.337 e. The SMILES string of the molecule is O=C(c1n[nH]c2ncccc12)N1C[C@H]2C[C@@H](C3=C(C(F)(F)F)C=CC=CC3)C[C@H]2C1. The Balaban J connectivity index is 1.33. The lowest BCUT2D eigenvalue weighted by molar-refractivity contribution is -0.0895. The summed E-state index contributed by atoms with van der Waals surface area (Å²) in [5, 5.41) is 7.62. The van der Waals surface area contributed by atoms with Crippen molar-refractivity contribution in [3.05, 3.63) is 59.5 Å². The van der Waals surface area contributed by atoms with E-state index >= 15 is 0 Å². The standard InChI is InChI=1S/C22H21F3N4O/c23-22(24,25)18-7-3-1-2-5-16(18)13-9-14-11-29(12-15(14)10-13)21(30)19-17-6-4-8-26-20(17)28-27-19/h1-4,6-8,13-15H,5,9-12H2,(H,26,27,28)/t13-,14-,15+. The third-order valence-electron chi connectivity index (χ3n) is 6.57. The van der Waals surface area contributed by atoms with Gasteiger partial charge in [-0.25, -0.2) is 4.98 Å².